The van der Waals surface area contributed by atoms with Crippen LogP contribution >= 0.6 is 23.2 Å². The Kier molecular flexibility index (Phi) is 6.74. The van der Waals surface area contributed by atoms with E-state index in [2.05, 4.69) is 25.4 Å². The zero-order chi connectivity index (χ0) is 22.0. The third-order valence-electron chi connectivity index (χ3n) is 7.38. The van der Waals surface area contributed by atoms with Crippen LogP contribution in [0.1, 0.15) is 37.7 Å². The molecular weight excluding hydrogens is 443 g/mol. The molecule has 3 aliphatic rings. The quantitative estimate of drug-likeness (QED) is 0.645. The minimum Gasteiger partial charge on any atom is -0.366 e. The number of piperidine rings is 1. The van der Waals surface area contributed by atoms with E-state index < -0.39 is 0 Å². The molecule has 2 aromatic rings. The maximum absolute atomic E-state index is 6.29. The SMILES string of the molecule is Clc1ccc(CNc2ccnc(N3CCC4(CCN(CC5CCCN5)C4)CC3)n2)c(Cl)c1. The van der Waals surface area contributed by atoms with Crippen LogP contribution in [0.3, 0.4) is 0 Å². The van der Waals surface area contributed by atoms with Gasteiger partial charge >= 0.3 is 0 Å². The number of nitrogens with one attached hydrogen (secondary N) is 2. The number of benzene rings is 1. The molecule has 0 aliphatic carbocycles. The highest BCUT2D eigenvalue weighted by molar-refractivity contribution is 6.35. The average molecular weight is 475 g/mol. The molecule has 1 atom stereocenters. The molecule has 0 amide bonds. The fourth-order valence-corrected chi connectivity index (χ4v) is 5.92. The number of halogens is 2. The van der Waals surface area contributed by atoms with E-state index in [9.17, 15) is 0 Å². The highest BCUT2D eigenvalue weighted by Gasteiger charge is 2.41. The Morgan fingerprint density at radius 2 is 1.97 bits per heavy atom. The van der Waals surface area contributed by atoms with Crippen molar-refractivity contribution in [3.05, 3.63) is 46.1 Å². The lowest BCUT2D eigenvalue weighted by atomic mass is 9.78. The van der Waals surface area contributed by atoms with E-state index in [4.69, 9.17) is 28.2 Å². The number of rotatable bonds is 6. The Morgan fingerprint density at radius 1 is 1.12 bits per heavy atom. The average Bonchev–Trinajstić information content (AvgIpc) is 3.45. The summed E-state index contributed by atoms with van der Waals surface area (Å²) in [5.41, 5.74) is 1.48. The molecule has 0 bridgehead atoms. The number of aromatic nitrogens is 2. The molecule has 5 rings (SSSR count). The largest absolute Gasteiger partial charge is 0.366 e. The molecule has 6 nitrogen and oxygen atoms in total. The molecule has 1 aromatic heterocycles. The molecule has 32 heavy (non-hydrogen) atoms. The molecule has 0 saturated carbocycles. The van der Waals surface area contributed by atoms with E-state index in [0.717, 1.165) is 30.4 Å². The van der Waals surface area contributed by atoms with Crippen molar-refractivity contribution in [1.82, 2.24) is 20.2 Å². The van der Waals surface area contributed by atoms with Gasteiger partial charge in [0.1, 0.15) is 5.82 Å². The Hall–Kier alpha value is -1.60. The van der Waals surface area contributed by atoms with Crippen molar-refractivity contribution in [1.29, 1.82) is 0 Å². The molecule has 1 aromatic carbocycles. The second-order valence-electron chi connectivity index (χ2n) is 9.60. The first-order valence-corrected chi connectivity index (χ1v) is 12.6. The summed E-state index contributed by atoms with van der Waals surface area (Å²) in [6, 6.07) is 8.18. The Morgan fingerprint density at radius 3 is 2.75 bits per heavy atom. The summed E-state index contributed by atoms with van der Waals surface area (Å²) >= 11 is 12.3. The highest BCUT2D eigenvalue weighted by atomic mass is 35.5. The third kappa shape index (κ3) is 5.14. The third-order valence-corrected chi connectivity index (χ3v) is 7.97. The van der Waals surface area contributed by atoms with E-state index in [1.807, 2.05) is 24.4 Å². The molecule has 4 heterocycles. The van der Waals surface area contributed by atoms with Gasteiger partial charge in [-0.3, -0.25) is 0 Å². The van der Waals surface area contributed by atoms with Gasteiger partial charge in [-0.1, -0.05) is 29.3 Å². The van der Waals surface area contributed by atoms with Crippen molar-refractivity contribution < 1.29 is 0 Å². The molecule has 0 radical (unpaired) electrons. The molecule has 3 aliphatic heterocycles. The molecule has 172 valence electrons. The zero-order valence-electron chi connectivity index (χ0n) is 18.5. The van der Waals surface area contributed by atoms with Crippen molar-refractivity contribution in [2.75, 3.05) is 49.5 Å². The first-order valence-electron chi connectivity index (χ1n) is 11.8. The van der Waals surface area contributed by atoms with E-state index in [1.54, 1.807) is 6.07 Å². The second kappa shape index (κ2) is 9.72. The van der Waals surface area contributed by atoms with Crippen LogP contribution in [0.2, 0.25) is 10.0 Å². The van der Waals surface area contributed by atoms with Gasteiger partial charge in [0.2, 0.25) is 5.95 Å². The topological polar surface area (TPSA) is 56.3 Å². The minimum atomic E-state index is 0.482. The van der Waals surface area contributed by atoms with Gasteiger partial charge < -0.3 is 20.4 Å². The van der Waals surface area contributed by atoms with Crippen molar-refractivity contribution >= 4 is 35.0 Å². The van der Waals surface area contributed by atoms with Gasteiger partial charge in [0.15, 0.2) is 0 Å². The van der Waals surface area contributed by atoms with Gasteiger partial charge in [0.05, 0.1) is 0 Å². The van der Waals surface area contributed by atoms with E-state index in [-0.39, 0.29) is 0 Å². The van der Waals surface area contributed by atoms with Gasteiger partial charge in [-0.05, 0) is 74.4 Å². The molecular formula is C24H32Cl2N6. The predicted octanol–water partition coefficient (Wildman–Crippen LogP) is 4.44. The molecule has 2 N–H and O–H groups in total. The Bertz CT molecular complexity index is 924. The number of hydrogen-bond donors (Lipinski definition) is 2. The summed E-state index contributed by atoms with van der Waals surface area (Å²) in [5.74, 6) is 1.63. The highest BCUT2D eigenvalue weighted by Crippen LogP contribution is 2.41. The lowest BCUT2D eigenvalue weighted by Gasteiger charge is -2.39. The van der Waals surface area contributed by atoms with Crippen LogP contribution < -0.4 is 15.5 Å². The van der Waals surface area contributed by atoms with Crippen LogP contribution in [0.4, 0.5) is 11.8 Å². The minimum absolute atomic E-state index is 0.482. The van der Waals surface area contributed by atoms with Crippen molar-refractivity contribution in [3.8, 4) is 0 Å². The molecule has 3 saturated heterocycles. The summed E-state index contributed by atoms with van der Waals surface area (Å²) in [4.78, 5) is 14.4. The maximum atomic E-state index is 6.29. The number of anilines is 2. The molecule has 3 fully saturated rings. The van der Waals surface area contributed by atoms with E-state index in [1.165, 1.54) is 58.3 Å². The summed E-state index contributed by atoms with van der Waals surface area (Å²) in [7, 11) is 0. The first-order chi connectivity index (χ1) is 15.6. The predicted molar refractivity (Wildman–Crippen MR) is 132 cm³/mol. The van der Waals surface area contributed by atoms with E-state index >= 15 is 0 Å². The van der Waals surface area contributed by atoms with Gasteiger partial charge in [-0.25, -0.2) is 4.98 Å². The monoisotopic (exact) mass is 474 g/mol. The summed E-state index contributed by atoms with van der Waals surface area (Å²) < 4.78 is 0. The smallest absolute Gasteiger partial charge is 0.227 e. The zero-order valence-corrected chi connectivity index (χ0v) is 20.0. The van der Waals surface area contributed by atoms with Crippen LogP contribution in [0.5, 0.6) is 0 Å². The fourth-order valence-electron chi connectivity index (χ4n) is 5.45. The van der Waals surface area contributed by atoms with Gasteiger partial charge in [-0.15, -0.1) is 0 Å². The number of likely N-dealkylation sites (tertiary alicyclic amines) is 1. The van der Waals surface area contributed by atoms with Crippen LogP contribution in [0, 0.1) is 5.41 Å². The Balaban J connectivity index is 1.15. The van der Waals surface area contributed by atoms with Crippen molar-refractivity contribution in [2.45, 2.75) is 44.7 Å². The normalized spacial score (nSPS) is 23.2. The summed E-state index contributed by atoms with van der Waals surface area (Å²) in [5, 5.41) is 8.33. The maximum Gasteiger partial charge on any atom is 0.227 e. The number of nitrogens with zero attached hydrogens (tertiary/aromatic N) is 4. The van der Waals surface area contributed by atoms with E-state index in [0.29, 0.717) is 28.0 Å². The lowest BCUT2D eigenvalue weighted by Crippen LogP contribution is -2.43. The summed E-state index contributed by atoms with van der Waals surface area (Å²) in [6.45, 7) is 7.58. The molecule has 8 heteroatoms. The van der Waals surface area contributed by atoms with Gasteiger partial charge in [0, 0.05) is 55.0 Å². The van der Waals surface area contributed by atoms with Crippen LogP contribution in [-0.4, -0.2) is 60.2 Å². The lowest BCUT2D eigenvalue weighted by molar-refractivity contribution is 0.201. The van der Waals surface area contributed by atoms with Crippen LogP contribution in [0.15, 0.2) is 30.5 Å². The van der Waals surface area contributed by atoms with Crippen LogP contribution in [0.25, 0.3) is 0 Å². The first kappa shape index (κ1) is 22.2. The summed E-state index contributed by atoms with van der Waals surface area (Å²) in [6.07, 6.45) is 8.29. The Labute approximate surface area is 200 Å². The number of hydrogen-bond acceptors (Lipinski definition) is 6. The molecule has 1 unspecified atom stereocenters. The van der Waals surface area contributed by atoms with Crippen molar-refractivity contribution in [2.24, 2.45) is 5.41 Å². The van der Waals surface area contributed by atoms with Gasteiger partial charge in [0.25, 0.3) is 0 Å². The van der Waals surface area contributed by atoms with Crippen molar-refractivity contribution in [3.63, 3.8) is 0 Å². The van der Waals surface area contributed by atoms with Crippen LogP contribution in [-0.2, 0) is 6.54 Å². The standard InChI is InChI=1S/C24H32Cl2N6/c25-19-4-3-18(21(26)14-19)15-29-22-5-10-28-23(30-22)32-12-7-24(8-13-32)6-11-31(17-24)16-20-2-1-9-27-20/h3-5,10,14,20,27H,1-2,6-9,11-13,15-17H2,(H,28,29,30). The fraction of sp³-hybridized carbons (Fsp3) is 0.583. The molecule has 1 spiro atoms. The van der Waals surface area contributed by atoms with Gasteiger partial charge in [-0.2, -0.15) is 4.98 Å². The second-order valence-corrected chi connectivity index (χ2v) is 10.4.